The van der Waals surface area contributed by atoms with Crippen molar-refractivity contribution in [3.8, 4) is 0 Å². The monoisotopic (exact) mass is 511 g/mol. The fraction of sp³-hybridized carbons (Fsp3) is 0.483. The molecule has 8 nitrogen and oxygen atoms in total. The molecule has 3 N–H and O–H groups in total. The van der Waals surface area contributed by atoms with Crippen molar-refractivity contribution in [2.24, 2.45) is 0 Å². The van der Waals surface area contributed by atoms with Crippen molar-refractivity contribution in [1.29, 1.82) is 0 Å². The number of hydrogen-bond donors (Lipinski definition) is 3. The van der Waals surface area contributed by atoms with Crippen LogP contribution < -0.4 is 10.6 Å². The summed E-state index contributed by atoms with van der Waals surface area (Å²) in [4.78, 5) is 41.2. The van der Waals surface area contributed by atoms with Crippen molar-refractivity contribution in [2.45, 2.75) is 78.1 Å². The third-order valence-electron chi connectivity index (χ3n) is 5.78. The Labute approximate surface area is 220 Å². The molecular weight excluding hydrogens is 470 g/mol. The Morgan fingerprint density at radius 2 is 1.62 bits per heavy atom. The Kier molecular flexibility index (Phi) is 11.6. The maximum atomic E-state index is 13.7. The Bertz CT molecular complexity index is 1000. The van der Waals surface area contributed by atoms with Crippen LogP contribution in [0, 0.1) is 0 Å². The number of rotatable bonds is 12. The fourth-order valence-corrected chi connectivity index (χ4v) is 3.82. The van der Waals surface area contributed by atoms with Crippen molar-refractivity contribution >= 4 is 17.9 Å². The molecule has 2 aromatic carbocycles. The van der Waals surface area contributed by atoms with Crippen LogP contribution in [0.1, 0.15) is 70.2 Å². The first-order valence-electron chi connectivity index (χ1n) is 12.9. The van der Waals surface area contributed by atoms with Gasteiger partial charge in [0.05, 0.1) is 6.61 Å². The van der Waals surface area contributed by atoms with E-state index in [0.717, 1.165) is 24.0 Å². The molecular formula is C29H41N3O5. The second-order valence-electron chi connectivity index (χ2n) is 9.97. The molecule has 0 aliphatic heterocycles. The maximum absolute atomic E-state index is 13.7. The van der Waals surface area contributed by atoms with Crippen molar-refractivity contribution in [3.05, 3.63) is 71.3 Å². The lowest BCUT2D eigenvalue weighted by molar-refractivity contribution is -0.143. The van der Waals surface area contributed by atoms with Gasteiger partial charge in [-0.25, -0.2) is 4.79 Å². The predicted octanol–water partition coefficient (Wildman–Crippen LogP) is 4.12. The minimum Gasteiger partial charge on any atom is -0.444 e. The number of amides is 3. The highest BCUT2D eigenvalue weighted by atomic mass is 16.6. The molecule has 0 saturated heterocycles. The van der Waals surface area contributed by atoms with E-state index >= 15 is 0 Å². The highest BCUT2D eigenvalue weighted by Crippen LogP contribution is 2.24. The van der Waals surface area contributed by atoms with E-state index in [1.54, 1.807) is 20.8 Å². The Hall–Kier alpha value is -3.39. The first-order chi connectivity index (χ1) is 17.6. The van der Waals surface area contributed by atoms with E-state index in [1.807, 2.05) is 68.4 Å². The zero-order valence-electron chi connectivity index (χ0n) is 22.6. The van der Waals surface area contributed by atoms with E-state index in [-0.39, 0.29) is 12.5 Å². The highest BCUT2D eigenvalue weighted by molar-refractivity contribution is 5.92. The lowest BCUT2D eigenvalue weighted by Crippen LogP contribution is -2.54. The van der Waals surface area contributed by atoms with E-state index in [0.29, 0.717) is 18.5 Å². The third kappa shape index (κ3) is 9.53. The zero-order chi connectivity index (χ0) is 27.4. The van der Waals surface area contributed by atoms with Crippen LogP contribution in [0.3, 0.4) is 0 Å². The quantitative estimate of drug-likeness (QED) is 0.397. The summed E-state index contributed by atoms with van der Waals surface area (Å²) >= 11 is 0. The molecule has 2 atom stereocenters. The van der Waals surface area contributed by atoms with Gasteiger partial charge in [-0.1, -0.05) is 74.9 Å². The number of nitrogens with zero attached hydrogens (tertiary/aromatic N) is 1. The fourth-order valence-electron chi connectivity index (χ4n) is 3.82. The SMILES string of the molecule is CCCCN(C(=O)C(CO)NC(=O)OC(C)(C)C)C(C(=O)NCc1ccccc1)c1ccc(CC)cc1. The van der Waals surface area contributed by atoms with E-state index in [2.05, 4.69) is 10.6 Å². The summed E-state index contributed by atoms with van der Waals surface area (Å²) in [6.45, 7) is 9.12. The molecule has 3 amide bonds. The van der Waals surface area contributed by atoms with Gasteiger partial charge in [0.1, 0.15) is 17.7 Å². The summed E-state index contributed by atoms with van der Waals surface area (Å²) in [6, 6.07) is 14.9. The summed E-state index contributed by atoms with van der Waals surface area (Å²) in [6.07, 6.45) is 1.47. The molecule has 0 heterocycles. The standard InChI is InChI=1S/C29H41N3O5/c1-6-8-18-32(27(35)24(20-33)31-28(36)37-29(3,4)5)25(23-16-14-21(7-2)15-17-23)26(34)30-19-22-12-10-9-11-13-22/h9-17,24-25,33H,6-8,18-20H2,1-5H3,(H,30,34)(H,31,36). The smallest absolute Gasteiger partial charge is 0.408 e. The second kappa shape index (κ2) is 14.4. The highest BCUT2D eigenvalue weighted by Gasteiger charge is 2.35. The Morgan fingerprint density at radius 1 is 0.973 bits per heavy atom. The molecule has 8 heteroatoms. The van der Waals surface area contributed by atoms with Gasteiger partial charge in [0.2, 0.25) is 11.8 Å². The summed E-state index contributed by atoms with van der Waals surface area (Å²) < 4.78 is 5.28. The summed E-state index contributed by atoms with van der Waals surface area (Å²) in [7, 11) is 0. The topological polar surface area (TPSA) is 108 Å². The van der Waals surface area contributed by atoms with Crippen LogP contribution >= 0.6 is 0 Å². The van der Waals surface area contributed by atoms with Crippen molar-refractivity contribution in [1.82, 2.24) is 15.5 Å². The lowest BCUT2D eigenvalue weighted by atomic mass is 10.00. The van der Waals surface area contributed by atoms with Crippen molar-refractivity contribution in [3.63, 3.8) is 0 Å². The number of aliphatic hydroxyl groups is 1. The number of nitrogens with one attached hydrogen (secondary N) is 2. The van der Waals surface area contributed by atoms with Crippen LogP contribution in [0.5, 0.6) is 0 Å². The van der Waals surface area contributed by atoms with Crippen LogP contribution in [0.15, 0.2) is 54.6 Å². The molecule has 0 aliphatic rings. The van der Waals surface area contributed by atoms with Gasteiger partial charge in [-0.15, -0.1) is 0 Å². The van der Waals surface area contributed by atoms with Gasteiger partial charge < -0.3 is 25.4 Å². The van der Waals surface area contributed by atoms with E-state index in [9.17, 15) is 19.5 Å². The van der Waals surface area contributed by atoms with Gasteiger partial charge in [0, 0.05) is 13.1 Å². The Morgan fingerprint density at radius 3 is 2.16 bits per heavy atom. The number of ether oxygens (including phenoxy) is 1. The van der Waals surface area contributed by atoms with Crippen molar-refractivity contribution < 1.29 is 24.2 Å². The van der Waals surface area contributed by atoms with Gasteiger partial charge in [-0.2, -0.15) is 0 Å². The molecule has 0 aliphatic carbocycles. The molecule has 0 fully saturated rings. The first kappa shape index (κ1) is 29.8. The average molecular weight is 512 g/mol. The zero-order valence-corrected chi connectivity index (χ0v) is 22.6. The molecule has 0 aromatic heterocycles. The second-order valence-corrected chi connectivity index (χ2v) is 9.97. The van der Waals surface area contributed by atoms with Crippen LogP contribution in [-0.2, 0) is 27.3 Å². The number of benzene rings is 2. The minimum atomic E-state index is -1.26. The van der Waals surface area contributed by atoms with E-state index in [1.165, 1.54) is 4.90 Å². The molecule has 2 aromatic rings. The number of alkyl carbamates (subject to hydrolysis) is 1. The third-order valence-corrected chi connectivity index (χ3v) is 5.78. The molecule has 0 radical (unpaired) electrons. The largest absolute Gasteiger partial charge is 0.444 e. The molecule has 0 spiro atoms. The Balaban J connectivity index is 2.39. The average Bonchev–Trinajstić information content (AvgIpc) is 2.87. The molecule has 37 heavy (non-hydrogen) atoms. The number of carbonyl (C=O) groups is 3. The van der Waals surface area contributed by atoms with Gasteiger partial charge in [0.15, 0.2) is 0 Å². The van der Waals surface area contributed by atoms with Gasteiger partial charge in [0.25, 0.3) is 0 Å². The molecule has 0 saturated carbocycles. The number of hydrogen-bond acceptors (Lipinski definition) is 5. The minimum absolute atomic E-state index is 0.279. The predicted molar refractivity (Wildman–Crippen MR) is 144 cm³/mol. The van der Waals surface area contributed by atoms with Crippen LogP contribution in [0.4, 0.5) is 4.79 Å². The molecule has 2 rings (SSSR count). The normalized spacial score (nSPS) is 12.8. The van der Waals surface area contributed by atoms with E-state index in [4.69, 9.17) is 4.74 Å². The van der Waals surface area contributed by atoms with Gasteiger partial charge in [-0.3, -0.25) is 9.59 Å². The lowest BCUT2D eigenvalue weighted by Gasteiger charge is -2.34. The van der Waals surface area contributed by atoms with Gasteiger partial charge >= 0.3 is 6.09 Å². The van der Waals surface area contributed by atoms with Crippen LogP contribution in [0.2, 0.25) is 0 Å². The molecule has 202 valence electrons. The summed E-state index contributed by atoms with van der Waals surface area (Å²) in [5, 5.41) is 15.4. The van der Waals surface area contributed by atoms with E-state index < -0.39 is 36.3 Å². The molecule has 0 bridgehead atoms. The number of aliphatic hydroxyl groups excluding tert-OH is 1. The number of unbranched alkanes of at least 4 members (excludes halogenated alkanes) is 1. The van der Waals surface area contributed by atoms with Gasteiger partial charge in [-0.05, 0) is 50.3 Å². The first-order valence-corrected chi connectivity index (χ1v) is 12.9. The van der Waals surface area contributed by atoms with Crippen molar-refractivity contribution in [2.75, 3.05) is 13.2 Å². The summed E-state index contributed by atoms with van der Waals surface area (Å²) in [5.41, 5.74) is 1.93. The number of aryl methyl sites for hydroxylation is 1. The van der Waals surface area contributed by atoms with Crippen LogP contribution in [0.25, 0.3) is 0 Å². The maximum Gasteiger partial charge on any atom is 0.408 e. The summed E-state index contributed by atoms with van der Waals surface area (Å²) in [5.74, 6) is -0.896. The number of carbonyl (C=O) groups excluding carboxylic acids is 3. The molecule has 2 unspecified atom stereocenters. The van der Waals surface area contributed by atoms with Crippen LogP contribution in [-0.4, -0.2) is 52.7 Å².